The second-order valence-electron chi connectivity index (χ2n) is 14.6. The van der Waals surface area contributed by atoms with Crippen molar-refractivity contribution in [3.05, 3.63) is 0 Å². The van der Waals surface area contributed by atoms with Crippen LogP contribution in [0.4, 0.5) is 0 Å². The van der Waals surface area contributed by atoms with E-state index in [2.05, 4.69) is 55.4 Å². The molecule has 0 N–H and O–H groups in total. The van der Waals surface area contributed by atoms with Crippen molar-refractivity contribution < 1.29 is 41.1 Å². The molecule has 0 radical (unpaired) electrons. The van der Waals surface area contributed by atoms with Gasteiger partial charge in [-0.3, -0.25) is 0 Å². The van der Waals surface area contributed by atoms with Crippen molar-refractivity contribution in [1.29, 1.82) is 0 Å². The van der Waals surface area contributed by atoms with Crippen LogP contribution in [0.5, 0.6) is 0 Å². The molecule has 236 valence electrons. The molecule has 5 fully saturated rings. The van der Waals surface area contributed by atoms with Crippen LogP contribution < -0.4 is 0 Å². The molecular formula is C28H54O9P2S. The number of thioether (sulfide) groups is 1. The molecule has 0 bridgehead atoms. The van der Waals surface area contributed by atoms with E-state index in [1.807, 2.05) is 0 Å². The van der Waals surface area contributed by atoms with Crippen LogP contribution in [-0.4, -0.2) is 97.6 Å². The van der Waals surface area contributed by atoms with E-state index in [0.717, 1.165) is 37.2 Å². The Hall–Kier alpha value is 0.850. The molecule has 5 aliphatic rings. The van der Waals surface area contributed by atoms with Crippen LogP contribution in [0.25, 0.3) is 0 Å². The second kappa shape index (κ2) is 10.7. The Bertz CT molecular complexity index is 831. The van der Waals surface area contributed by atoms with Crippen molar-refractivity contribution in [2.24, 2.45) is 0 Å². The average molecular weight is 629 g/mol. The maximum atomic E-state index is 6.91. The van der Waals surface area contributed by atoms with Gasteiger partial charge in [-0.1, -0.05) is 0 Å². The second-order valence-corrected chi connectivity index (χ2v) is 23.2. The van der Waals surface area contributed by atoms with Crippen LogP contribution in [-0.2, 0) is 41.1 Å². The quantitative estimate of drug-likeness (QED) is 0.265. The predicted octanol–water partition coefficient (Wildman–Crippen LogP) is 6.86. The summed E-state index contributed by atoms with van der Waals surface area (Å²) in [6, 6.07) is 0. The first-order valence-corrected chi connectivity index (χ1v) is 20.4. The third-order valence-corrected chi connectivity index (χ3v) is 19.3. The summed E-state index contributed by atoms with van der Waals surface area (Å²) in [5.41, 5.74) is -0.948. The van der Waals surface area contributed by atoms with Crippen molar-refractivity contribution >= 4 is 26.6 Å². The van der Waals surface area contributed by atoms with Crippen LogP contribution in [0.2, 0.25) is 0 Å². The van der Waals surface area contributed by atoms with Crippen LogP contribution in [0, 0.1) is 0 Å². The molecule has 0 aromatic rings. The van der Waals surface area contributed by atoms with Crippen LogP contribution in [0.3, 0.4) is 0 Å². The van der Waals surface area contributed by atoms with Crippen LogP contribution in [0.1, 0.15) is 81.1 Å². The van der Waals surface area contributed by atoms with Gasteiger partial charge in [0, 0.05) is 0 Å². The Morgan fingerprint density at radius 1 is 0.500 bits per heavy atom. The third kappa shape index (κ3) is 6.19. The molecule has 0 aliphatic carbocycles. The summed E-state index contributed by atoms with van der Waals surface area (Å²) in [6.45, 7) is 20.3. The van der Waals surface area contributed by atoms with Gasteiger partial charge in [0.05, 0.1) is 0 Å². The number of hydrogen-bond acceptors (Lipinski definition) is 10. The van der Waals surface area contributed by atoms with E-state index in [1.54, 1.807) is 11.8 Å². The zero-order chi connectivity index (χ0) is 29.0. The van der Waals surface area contributed by atoms with Crippen LogP contribution in [0.15, 0.2) is 0 Å². The Morgan fingerprint density at radius 2 is 0.950 bits per heavy atom. The zero-order valence-corrected chi connectivity index (χ0v) is 28.6. The molecule has 0 unspecified atom stereocenters. The fourth-order valence-corrected chi connectivity index (χ4v) is 20.0. The number of ether oxygens (including phenoxy) is 2. The van der Waals surface area contributed by atoms with Gasteiger partial charge in [-0.2, -0.15) is 0 Å². The molecule has 5 aliphatic heterocycles. The summed E-state index contributed by atoms with van der Waals surface area (Å²) in [7, 11) is -7.22. The molecule has 0 aromatic heterocycles. The van der Waals surface area contributed by atoms with E-state index >= 15 is 0 Å². The number of hydrogen-bond donors (Lipinski definition) is 0. The molecule has 5 heterocycles. The molecule has 2 spiro atoms. The van der Waals surface area contributed by atoms with E-state index in [1.165, 1.54) is 0 Å². The predicted molar refractivity (Wildman–Crippen MR) is 162 cm³/mol. The third-order valence-electron chi connectivity index (χ3n) is 8.62. The molecule has 5 saturated heterocycles. The van der Waals surface area contributed by atoms with Gasteiger partial charge in [0.15, 0.2) is 0 Å². The van der Waals surface area contributed by atoms with Gasteiger partial charge in [-0.15, -0.1) is 0 Å². The first kappa shape index (κ1) is 32.2. The Balaban J connectivity index is 1.31. The molecule has 12 heteroatoms. The zero-order valence-electron chi connectivity index (χ0n) is 26.0. The SMILES string of the molecule is CC1(C)CC2CC(C)(C)OP23(CCOCCOCCOP24(OCCSCCO3)OC(C)(C)CC2CC(C)(C)O4)O1. The minimum atomic E-state index is -3.82. The van der Waals surface area contributed by atoms with Crippen LogP contribution >= 0.6 is 26.6 Å². The Morgan fingerprint density at radius 3 is 1.55 bits per heavy atom. The molecule has 0 aromatic carbocycles. The summed E-state index contributed by atoms with van der Waals surface area (Å²) < 4.78 is 59.5. The monoisotopic (exact) mass is 628 g/mol. The van der Waals surface area contributed by atoms with Crippen molar-refractivity contribution in [3.8, 4) is 0 Å². The van der Waals surface area contributed by atoms with Gasteiger partial charge >= 0.3 is 246 Å². The standard InChI is InChI=1S/C28H54O9P2S/c1-25(2)19-23-20-26(3,4)35-38(23,34-25)16-13-30-10-9-29-11-12-32-39(33-15-18-40-17-14-31-38)24(21-27(5,6)36-39)22-28(7,8)37-39/h23-24H,9-22H2,1-8H3. The van der Waals surface area contributed by atoms with E-state index in [4.69, 9.17) is 41.1 Å². The number of rotatable bonds is 0. The van der Waals surface area contributed by atoms with Gasteiger partial charge in [0.2, 0.25) is 0 Å². The summed E-state index contributed by atoms with van der Waals surface area (Å²) in [5, 5.41) is 0. The topological polar surface area (TPSA) is 83.1 Å². The minimum absolute atomic E-state index is 0.0885. The van der Waals surface area contributed by atoms with E-state index in [0.29, 0.717) is 52.4 Å². The normalized spacial score (nSPS) is 40.0. The van der Waals surface area contributed by atoms with Crippen molar-refractivity contribution in [2.45, 2.75) is 115 Å². The molecule has 40 heavy (non-hydrogen) atoms. The fourth-order valence-electron chi connectivity index (χ4n) is 7.79. The molecule has 9 nitrogen and oxygen atoms in total. The van der Waals surface area contributed by atoms with E-state index < -0.39 is 14.8 Å². The van der Waals surface area contributed by atoms with Crippen molar-refractivity contribution in [1.82, 2.24) is 0 Å². The van der Waals surface area contributed by atoms with E-state index in [-0.39, 0.29) is 33.7 Å². The average Bonchev–Trinajstić information content (AvgIpc) is 3.31. The Labute approximate surface area is 246 Å². The van der Waals surface area contributed by atoms with Gasteiger partial charge < -0.3 is 0 Å². The van der Waals surface area contributed by atoms with Crippen molar-refractivity contribution in [3.63, 3.8) is 0 Å². The summed E-state index contributed by atoms with van der Waals surface area (Å²) >= 11 is 1.80. The Kier molecular flexibility index (Phi) is 8.66. The van der Waals surface area contributed by atoms with Crippen molar-refractivity contribution in [2.75, 3.05) is 63.9 Å². The molecule has 0 amide bonds. The van der Waals surface area contributed by atoms with Gasteiger partial charge in [0.25, 0.3) is 0 Å². The first-order valence-electron chi connectivity index (χ1n) is 15.1. The molecular weight excluding hydrogens is 574 g/mol. The molecule has 5 rings (SSSR count). The summed E-state index contributed by atoms with van der Waals surface area (Å²) in [4.78, 5) is 0. The van der Waals surface area contributed by atoms with Gasteiger partial charge in [-0.05, 0) is 0 Å². The maximum absolute atomic E-state index is 6.91. The summed E-state index contributed by atoms with van der Waals surface area (Å²) in [5.74, 6) is 1.60. The van der Waals surface area contributed by atoms with Gasteiger partial charge in [-0.25, -0.2) is 0 Å². The molecule has 0 saturated carbocycles. The summed E-state index contributed by atoms with van der Waals surface area (Å²) in [6.07, 6.45) is 4.24. The van der Waals surface area contributed by atoms with Gasteiger partial charge in [0.1, 0.15) is 0 Å². The van der Waals surface area contributed by atoms with E-state index in [9.17, 15) is 0 Å². The fraction of sp³-hybridized carbons (Fsp3) is 1.00. The molecule has 0 atom stereocenters. The first-order chi connectivity index (χ1) is 18.5.